The number of nitrogens with one attached hydrogen (secondary N) is 1. The van der Waals surface area contributed by atoms with Gasteiger partial charge in [0.15, 0.2) is 5.78 Å². The number of carbonyl (C=O) groups excluding carboxylic acids is 1. The number of Topliss-reactive ketones (excluding diaryl/α,β-unsaturated/α-hetero) is 1. The topological polar surface area (TPSA) is 42.1 Å². The van der Waals surface area contributed by atoms with Gasteiger partial charge >= 0.3 is 0 Å². The van der Waals surface area contributed by atoms with Gasteiger partial charge in [0.1, 0.15) is 5.75 Å². The summed E-state index contributed by atoms with van der Waals surface area (Å²) in [4.78, 5) is 16.9. The highest BCUT2D eigenvalue weighted by molar-refractivity contribution is 8.00. The van der Waals surface area contributed by atoms with Crippen LogP contribution < -0.4 is 4.74 Å². The van der Waals surface area contributed by atoms with E-state index < -0.39 is 0 Å². The third-order valence-electron chi connectivity index (χ3n) is 3.60. The second-order valence-corrected chi connectivity index (χ2v) is 6.11. The van der Waals surface area contributed by atoms with Crippen LogP contribution >= 0.6 is 11.8 Å². The molecule has 0 bridgehead atoms. The molecule has 22 heavy (non-hydrogen) atoms. The lowest BCUT2D eigenvalue weighted by Crippen LogP contribution is -2.03. The van der Waals surface area contributed by atoms with Gasteiger partial charge in [-0.2, -0.15) is 0 Å². The van der Waals surface area contributed by atoms with Crippen molar-refractivity contribution in [1.29, 1.82) is 0 Å². The monoisotopic (exact) mass is 311 g/mol. The van der Waals surface area contributed by atoms with Crippen LogP contribution in [0.3, 0.4) is 0 Å². The maximum atomic E-state index is 12.6. The molecule has 1 aromatic heterocycles. The molecule has 3 nitrogen and oxygen atoms in total. The number of aromatic nitrogens is 1. The van der Waals surface area contributed by atoms with Crippen molar-refractivity contribution >= 4 is 28.4 Å². The molecular weight excluding hydrogens is 294 g/mol. The summed E-state index contributed by atoms with van der Waals surface area (Å²) in [5, 5.41) is 1.00. The molecule has 0 unspecified atom stereocenters. The van der Waals surface area contributed by atoms with Gasteiger partial charge < -0.3 is 9.72 Å². The highest BCUT2D eigenvalue weighted by Gasteiger charge is 2.15. The lowest BCUT2D eigenvalue weighted by Gasteiger charge is -2.04. The number of hydrogen-bond acceptors (Lipinski definition) is 3. The van der Waals surface area contributed by atoms with Crippen LogP contribution in [0, 0.1) is 6.92 Å². The SMILES string of the molecule is COc1ccc(SCC(=O)c2c(C)[nH]c3ccccc23)cc1. The summed E-state index contributed by atoms with van der Waals surface area (Å²) in [6, 6.07) is 15.7. The number of carbonyl (C=O) groups is 1. The molecule has 0 spiro atoms. The number of rotatable bonds is 5. The minimum Gasteiger partial charge on any atom is -0.497 e. The predicted octanol–water partition coefficient (Wildman–Crippen LogP) is 4.46. The fourth-order valence-corrected chi connectivity index (χ4v) is 3.30. The molecule has 0 atom stereocenters. The van der Waals surface area contributed by atoms with Gasteiger partial charge in [0.05, 0.1) is 12.9 Å². The van der Waals surface area contributed by atoms with E-state index in [2.05, 4.69) is 4.98 Å². The van der Waals surface area contributed by atoms with E-state index in [1.54, 1.807) is 18.9 Å². The molecule has 0 saturated carbocycles. The molecule has 3 aromatic rings. The zero-order chi connectivity index (χ0) is 15.5. The smallest absolute Gasteiger partial charge is 0.175 e. The van der Waals surface area contributed by atoms with Crippen molar-refractivity contribution in [2.24, 2.45) is 0 Å². The van der Waals surface area contributed by atoms with Gasteiger partial charge in [0.2, 0.25) is 0 Å². The number of aromatic amines is 1. The largest absolute Gasteiger partial charge is 0.497 e. The second kappa shape index (κ2) is 6.28. The first-order valence-corrected chi connectivity index (χ1v) is 8.05. The zero-order valence-corrected chi connectivity index (χ0v) is 13.4. The molecule has 0 amide bonds. The minimum atomic E-state index is 0.149. The first-order valence-electron chi connectivity index (χ1n) is 7.06. The summed E-state index contributed by atoms with van der Waals surface area (Å²) in [6.07, 6.45) is 0. The maximum Gasteiger partial charge on any atom is 0.175 e. The molecule has 0 radical (unpaired) electrons. The molecule has 112 valence electrons. The fourth-order valence-electron chi connectivity index (χ4n) is 2.53. The van der Waals surface area contributed by atoms with Gasteiger partial charge in [0, 0.05) is 27.1 Å². The molecular formula is C18H17NO2S. The average Bonchev–Trinajstić information content (AvgIpc) is 2.89. The van der Waals surface area contributed by atoms with Crippen molar-refractivity contribution in [1.82, 2.24) is 4.98 Å². The molecule has 3 rings (SSSR count). The fraction of sp³-hybridized carbons (Fsp3) is 0.167. The summed E-state index contributed by atoms with van der Waals surface area (Å²) in [5.74, 6) is 1.40. The first-order chi connectivity index (χ1) is 10.7. The van der Waals surface area contributed by atoms with E-state index >= 15 is 0 Å². The Bertz CT molecular complexity index is 806. The molecule has 2 aromatic carbocycles. The zero-order valence-electron chi connectivity index (χ0n) is 12.6. The van der Waals surface area contributed by atoms with Crippen LogP contribution in [-0.2, 0) is 0 Å². The number of hydrogen-bond donors (Lipinski definition) is 1. The Labute approximate surface area is 133 Å². The Morgan fingerprint density at radius 1 is 1.14 bits per heavy atom. The van der Waals surface area contributed by atoms with Crippen molar-refractivity contribution in [3.05, 3.63) is 59.8 Å². The first kappa shape index (κ1) is 14.7. The van der Waals surface area contributed by atoms with E-state index in [0.29, 0.717) is 5.75 Å². The average molecular weight is 311 g/mol. The Kier molecular flexibility index (Phi) is 4.20. The molecule has 0 saturated heterocycles. The van der Waals surface area contributed by atoms with Crippen LogP contribution in [0.1, 0.15) is 16.1 Å². The van der Waals surface area contributed by atoms with E-state index in [1.807, 2.05) is 55.5 Å². The maximum absolute atomic E-state index is 12.6. The highest BCUT2D eigenvalue weighted by Crippen LogP contribution is 2.26. The Hall–Kier alpha value is -2.20. The summed E-state index contributed by atoms with van der Waals surface area (Å²) < 4.78 is 5.14. The molecule has 0 aliphatic rings. The van der Waals surface area contributed by atoms with Crippen LogP contribution in [0.5, 0.6) is 5.75 Å². The van der Waals surface area contributed by atoms with Crippen molar-refractivity contribution in [2.75, 3.05) is 12.9 Å². The number of fused-ring (bicyclic) bond motifs is 1. The molecule has 0 aliphatic carbocycles. The molecule has 1 heterocycles. The quantitative estimate of drug-likeness (QED) is 0.559. The van der Waals surface area contributed by atoms with Crippen molar-refractivity contribution in [3.63, 3.8) is 0 Å². The number of benzene rings is 2. The number of para-hydroxylation sites is 1. The van der Waals surface area contributed by atoms with E-state index in [4.69, 9.17) is 4.74 Å². The Balaban J connectivity index is 1.77. The van der Waals surface area contributed by atoms with Gasteiger partial charge in [-0.15, -0.1) is 11.8 Å². The van der Waals surface area contributed by atoms with Crippen LogP contribution in [0.15, 0.2) is 53.4 Å². The number of aryl methyl sites for hydroxylation is 1. The second-order valence-electron chi connectivity index (χ2n) is 5.06. The van der Waals surface area contributed by atoms with Crippen LogP contribution in [0.4, 0.5) is 0 Å². The van der Waals surface area contributed by atoms with E-state index in [1.165, 1.54) is 0 Å². The third-order valence-corrected chi connectivity index (χ3v) is 4.61. The highest BCUT2D eigenvalue weighted by atomic mass is 32.2. The number of methoxy groups -OCH3 is 1. The number of H-pyrrole nitrogens is 1. The summed E-state index contributed by atoms with van der Waals surface area (Å²) >= 11 is 1.54. The number of thioether (sulfide) groups is 1. The normalized spacial score (nSPS) is 10.8. The Morgan fingerprint density at radius 2 is 1.86 bits per heavy atom. The molecule has 0 aliphatic heterocycles. The predicted molar refractivity (Wildman–Crippen MR) is 91.1 cm³/mol. The van der Waals surface area contributed by atoms with E-state index in [-0.39, 0.29) is 5.78 Å². The standard InChI is InChI=1S/C18H17NO2S/c1-12-18(15-5-3-4-6-16(15)19-12)17(20)11-22-14-9-7-13(21-2)8-10-14/h3-10,19H,11H2,1-2H3. The van der Waals surface area contributed by atoms with Crippen molar-refractivity contribution in [2.45, 2.75) is 11.8 Å². The van der Waals surface area contributed by atoms with Gasteiger partial charge in [-0.25, -0.2) is 0 Å². The van der Waals surface area contributed by atoms with Crippen LogP contribution in [0.2, 0.25) is 0 Å². The minimum absolute atomic E-state index is 0.149. The van der Waals surface area contributed by atoms with Gasteiger partial charge in [-0.05, 0) is 37.3 Å². The summed E-state index contributed by atoms with van der Waals surface area (Å²) in [6.45, 7) is 1.95. The molecule has 0 fully saturated rings. The Morgan fingerprint density at radius 3 is 2.59 bits per heavy atom. The molecule has 1 N–H and O–H groups in total. The van der Waals surface area contributed by atoms with E-state index in [0.717, 1.165) is 32.8 Å². The van der Waals surface area contributed by atoms with Gasteiger partial charge in [-0.3, -0.25) is 4.79 Å². The van der Waals surface area contributed by atoms with Crippen molar-refractivity contribution in [3.8, 4) is 5.75 Å². The summed E-state index contributed by atoms with van der Waals surface area (Å²) in [5.41, 5.74) is 2.75. The lowest BCUT2D eigenvalue weighted by atomic mass is 10.1. The third kappa shape index (κ3) is 2.88. The van der Waals surface area contributed by atoms with Crippen LogP contribution in [0.25, 0.3) is 10.9 Å². The lowest BCUT2D eigenvalue weighted by molar-refractivity contribution is 0.102. The van der Waals surface area contributed by atoms with Gasteiger partial charge in [0.25, 0.3) is 0 Å². The van der Waals surface area contributed by atoms with Gasteiger partial charge in [-0.1, -0.05) is 18.2 Å². The van der Waals surface area contributed by atoms with Crippen molar-refractivity contribution < 1.29 is 9.53 Å². The number of ether oxygens (including phenoxy) is 1. The number of ketones is 1. The summed E-state index contributed by atoms with van der Waals surface area (Å²) in [7, 11) is 1.64. The van der Waals surface area contributed by atoms with E-state index in [9.17, 15) is 4.79 Å². The van der Waals surface area contributed by atoms with Crippen LogP contribution in [-0.4, -0.2) is 23.6 Å². The molecule has 4 heteroatoms.